The maximum Gasteiger partial charge on any atom is 0.261 e. The number of carbonyl (C=O) groups excluding carboxylic acids is 1. The van der Waals surface area contributed by atoms with Gasteiger partial charge in [0, 0.05) is 37.1 Å². The summed E-state index contributed by atoms with van der Waals surface area (Å²) in [5.41, 5.74) is 2.26. The summed E-state index contributed by atoms with van der Waals surface area (Å²) in [6.07, 6.45) is 3.52. The number of aliphatic hydroxyl groups excluding tert-OH is 1. The zero-order chi connectivity index (χ0) is 17.3. The Morgan fingerprint density at radius 2 is 2.04 bits per heavy atom. The first kappa shape index (κ1) is 16.4. The van der Waals surface area contributed by atoms with Crippen molar-refractivity contribution >= 4 is 5.91 Å². The van der Waals surface area contributed by atoms with Crippen LogP contribution in [0.2, 0.25) is 0 Å². The number of hydrogen-bond donors (Lipinski definition) is 2. The van der Waals surface area contributed by atoms with Gasteiger partial charge in [0.05, 0.1) is 6.10 Å². The summed E-state index contributed by atoms with van der Waals surface area (Å²) in [5, 5.41) is 10.3. The Balaban J connectivity index is 1.77. The van der Waals surface area contributed by atoms with Crippen LogP contribution in [0.4, 0.5) is 0 Å². The number of hydrogen-bond acceptors (Lipinski definition) is 4. The molecule has 1 fully saturated rings. The largest absolute Gasteiger partial charge is 0.391 e. The molecule has 0 unspecified atom stereocenters. The third-order valence-corrected chi connectivity index (χ3v) is 4.52. The summed E-state index contributed by atoms with van der Waals surface area (Å²) in [6.45, 7) is 4.24. The number of aromatic amines is 1. The SMILES string of the molecule is Cc1cc(C)c(C(=O)N2C[C@@H](Cc3ccncc3)[C@@H](O)C2)c(=O)[nH]1. The van der Waals surface area contributed by atoms with Crippen LogP contribution in [0.5, 0.6) is 0 Å². The number of nitrogens with zero attached hydrogens (tertiary/aromatic N) is 2. The van der Waals surface area contributed by atoms with E-state index >= 15 is 0 Å². The molecular weight excluding hydrogens is 306 g/mol. The summed E-state index contributed by atoms with van der Waals surface area (Å²) in [6, 6.07) is 5.60. The number of H-pyrrole nitrogens is 1. The number of aliphatic hydroxyl groups is 1. The molecule has 0 spiro atoms. The standard InChI is InChI=1S/C18H21N3O3/c1-11-7-12(2)20-17(23)16(11)18(24)21-9-14(15(22)10-21)8-13-3-5-19-6-4-13/h3-7,14-15,22H,8-10H2,1-2H3,(H,20,23)/t14-,15+/m1/s1. The van der Waals surface area contributed by atoms with E-state index < -0.39 is 6.10 Å². The van der Waals surface area contributed by atoms with Crippen molar-refractivity contribution in [3.63, 3.8) is 0 Å². The van der Waals surface area contributed by atoms with E-state index in [1.165, 1.54) is 0 Å². The van der Waals surface area contributed by atoms with E-state index in [1.54, 1.807) is 37.2 Å². The quantitative estimate of drug-likeness (QED) is 0.883. The smallest absolute Gasteiger partial charge is 0.261 e. The van der Waals surface area contributed by atoms with E-state index in [1.807, 2.05) is 12.1 Å². The predicted molar refractivity (Wildman–Crippen MR) is 89.9 cm³/mol. The highest BCUT2D eigenvalue weighted by Crippen LogP contribution is 2.23. The molecule has 2 N–H and O–H groups in total. The third kappa shape index (κ3) is 3.23. The maximum absolute atomic E-state index is 12.7. The van der Waals surface area contributed by atoms with Gasteiger partial charge in [0.25, 0.3) is 11.5 Å². The molecule has 2 aromatic heterocycles. The van der Waals surface area contributed by atoms with Crippen LogP contribution < -0.4 is 5.56 Å². The zero-order valence-electron chi connectivity index (χ0n) is 13.8. The second kappa shape index (κ2) is 6.57. The van der Waals surface area contributed by atoms with Gasteiger partial charge in [-0.2, -0.15) is 0 Å². The van der Waals surface area contributed by atoms with Gasteiger partial charge in [0.15, 0.2) is 0 Å². The summed E-state index contributed by atoms with van der Waals surface area (Å²) in [4.78, 5) is 33.1. The molecule has 1 aliphatic rings. The van der Waals surface area contributed by atoms with Gasteiger partial charge in [-0.15, -0.1) is 0 Å². The van der Waals surface area contributed by atoms with E-state index in [2.05, 4.69) is 9.97 Å². The fraction of sp³-hybridized carbons (Fsp3) is 0.389. The van der Waals surface area contributed by atoms with Gasteiger partial charge in [0.1, 0.15) is 5.56 Å². The Labute approximate surface area is 140 Å². The van der Waals surface area contributed by atoms with Crippen molar-refractivity contribution in [2.75, 3.05) is 13.1 Å². The van der Waals surface area contributed by atoms with E-state index in [-0.39, 0.29) is 29.5 Å². The molecule has 3 heterocycles. The molecular formula is C18H21N3O3. The molecule has 0 bridgehead atoms. The second-order valence-electron chi connectivity index (χ2n) is 6.44. The van der Waals surface area contributed by atoms with E-state index in [9.17, 15) is 14.7 Å². The van der Waals surface area contributed by atoms with Crippen molar-refractivity contribution in [1.82, 2.24) is 14.9 Å². The van der Waals surface area contributed by atoms with Gasteiger partial charge in [-0.1, -0.05) is 0 Å². The van der Waals surface area contributed by atoms with Crippen LogP contribution in [0.15, 0.2) is 35.4 Å². The highest BCUT2D eigenvalue weighted by Gasteiger charge is 2.35. The number of amides is 1. The Morgan fingerprint density at radius 3 is 2.71 bits per heavy atom. The number of β-amino-alcohol motifs (C(OH)–C–C–N with tert-alkyl or cyclic N) is 1. The summed E-state index contributed by atoms with van der Waals surface area (Å²) >= 11 is 0. The summed E-state index contributed by atoms with van der Waals surface area (Å²) < 4.78 is 0. The van der Waals surface area contributed by atoms with Crippen molar-refractivity contribution in [2.24, 2.45) is 5.92 Å². The molecule has 6 heteroatoms. The Hall–Kier alpha value is -2.47. The van der Waals surface area contributed by atoms with Crippen LogP contribution >= 0.6 is 0 Å². The van der Waals surface area contributed by atoms with Crippen LogP contribution in [0.1, 0.15) is 27.2 Å². The molecule has 0 saturated carbocycles. The van der Waals surface area contributed by atoms with Crippen LogP contribution in [0, 0.1) is 19.8 Å². The van der Waals surface area contributed by atoms with Crippen LogP contribution in [-0.4, -0.2) is 45.1 Å². The molecule has 126 valence electrons. The second-order valence-corrected chi connectivity index (χ2v) is 6.44. The van der Waals surface area contributed by atoms with E-state index in [0.717, 1.165) is 11.3 Å². The first-order chi connectivity index (χ1) is 11.5. The third-order valence-electron chi connectivity index (χ3n) is 4.52. The maximum atomic E-state index is 12.7. The molecule has 2 atom stereocenters. The summed E-state index contributed by atoms with van der Waals surface area (Å²) in [7, 11) is 0. The minimum absolute atomic E-state index is 0.0406. The Bertz CT molecular complexity index is 801. The van der Waals surface area contributed by atoms with Gasteiger partial charge >= 0.3 is 0 Å². The molecule has 24 heavy (non-hydrogen) atoms. The summed E-state index contributed by atoms with van der Waals surface area (Å²) in [5.74, 6) is -0.355. The number of likely N-dealkylation sites (tertiary alicyclic amines) is 1. The Kier molecular flexibility index (Phi) is 4.49. The highest BCUT2D eigenvalue weighted by atomic mass is 16.3. The molecule has 0 aromatic carbocycles. The first-order valence-corrected chi connectivity index (χ1v) is 8.02. The van der Waals surface area contributed by atoms with Gasteiger partial charge in [-0.05, 0) is 49.6 Å². The van der Waals surface area contributed by atoms with Crippen LogP contribution in [0.25, 0.3) is 0 Å². The minimum atomic E-state index is -0.591. The van der Waals surface area contributed by atoms with Crippen molar-refractivity contribution in [3.05, 3.63) is 63.3 Å². The predicted octanol–water partition coefficient (Wildman–Crippen LogP) is 1.06. The molecule has 1 aliphatic heterocycles. The van der Waals surface area contributed by atoms with E-state index in [0.29, 0.717) is 18.5 Å². The first-order valence-electron chi connectivity index (χ1n) is 8.02. The normalized spacial score (nSPS) is 20.4. The number of aromatic nitrogens is 2. The molecule has 0 radical (unpaired) electrons. The molecule has 6 nitrogen and oxygen atoms in total. The topological polar surface area (TPSA) is 86.3 Å². The fourth-order valence-electron chi connectivity index (χ4n) is 3.32. The van der Waals surface area contributed by atoms with Gasteiger partial charge in [-0.25, -0.2) is 0 Å². The lowest BCUT2D eigenvalue weighted by molar-refractivity contribution is 0.0762. The van der Waals surface area contributed by atoms with Crippen LogP contribution in [-0.2, 0) is 6.42 Å². The lowest BCUT2D eigenvalue weighted by Crippen LogP contribution is -2.34. The molecule has 1 saturated heterocycles. The van der Waals surface area contributed by atoms with Gasteiger partial charge in [0.2, 0.25) is 0 Å². The van der Waals surface area contributed by atoms with Crippen molar-refractivity contribution in [1.29, 1.82) is 0 Å². The number of nitrogens with one attached hydrogen (secondary N) is 1. The average Bonchev–Trinajstić information content (AvgIpc) is 2.88. The lowest BCUT2D eigenvalue weighted by Gasteiger charge is -2.17. The highest BCUT2D eigenvalue weighted by molar-refractivity contribution is 5.95. The van der Waals surface area contributed by atoms with Crippen molar-refractivity contribution < 1.29 is 9.90 Å². The number of aryl methyl sites for hydroxylation is 2. The minimum Gasteiger partial charge on any atom is -0.391 e. The fourth-order valence-corrected chi connectivity index (χ4v) is 3.32. The van der Waals surface area contributed by atoms with Gasteiger partial charge in [-0.3, -0.25) is 14.6 Å². The van der Waals surface area contributed by atoms with Crippen molar-refractivity contribution in [3.8, 4) is 0 Å². The molecule has 0 aliphatic carbocycles. The number of pyridine rings is 2. The zero-order valence-corrected chi connectivity index (χ0v) is 13.8. The Morgan fingerprint density at radius 1 is 1.33 bits per heavy atom. The monoisotopic (exact) mass is 327 g/mol. The number of carbonyl (C=O) groups is 1. The number of rotatable bonds is 3. The molecule has 2 aromatic rings. The average molecular weight is 327 g/mol. The molecule has 3 rings (SSSR count). The molecule has 1 amide bonds. The lowest BCUT2D eigenvalue weighted by atomic mass is 9.97. The van der Waals surface area contributed by atoms with E-state index in [4.69, 9.17) is 0 Å². The van der Waals surface area contributed by atoms with Gasteiger partial charge < -0.3 is 15.0 Å². The van der Waals surface area contributed by atoms with Crippen molar-refractivity contribution in [2.45, 2.75) is 26.4 Å². The van der Waals surface area contributed by atoms with Crippen LogP contribution in [0.3, 0.4) is 0 Å².